The zero-order valence-electron chi connectivity index (χ0n) is 11.8. The Morgan fingerprint density at radius 1 is 1.19 bits per heavy atom. The standard InChI is InChI=1S/C13H30N2O/c1-6-12(3)15(7-2)13(4)11-14-9-8-10-16-5/h12-14H,6-11H2,1-5H3. The molecule has 0 amide bonds. The summed E-state index contributed by atoms with van der Waals surface area (Å²) in [6.07, 6.45) is 2.32. The van der Waals surface area contributed by atoms with E-state index in [0.717, 1.165) is 32.7 Å². The second-order valence-corrected chi connectivity index (χ2v) is 4.49. The fourth-order valence-corrected chi connectivity index (χ4v) is 2.06. The Morgan fingerprint density at radius 2 is 1.88 bits per heavy atom. The molecule has 3 nitrogen and oxygen atoms in total. The van der Waals surface area contributed by atoms with E-state index in [4.69, 9.17) is 4.74 Å². The number of methoxy groups -OCH3 is 1. The van der Waals surface area contributed by atoms with Gasteiger partial charge in [-0.15, -0.1) is 0 Å². The van der Waals surface area contributed by atoms with E-state index in [1.165, 1.54) is 6.42 Å². The van der Waals surface area contributed by atoms with Crippen LogP contribution in [0.2, 0.25) is 0 Å². The van der Waals surface area contributed by atoms with Crippen LogP contribution in [0.3, 0.4) is 0 Å². The molecule has 0 heterocycles. The Bertz CT molecular complexity index is 153. The summed E-state index contributed by atoms with van der Waals surface area (Å²) in [4.78, 5) is 2.56. The van der Waals surface area contributed by atoms with Crippen LogP contribution >= 0.6 is 0 Å². The lowest BCUT2D eigenvalue weighted by Crippen LogP contribution is -2.45. The van der Waals surface area contributed by atoms with Gasteiger partial charge in [0.2, 0.25) is 0 Å². The maximum atomic E-state index is 5.02. The van der Waals surface area contributed by atoms with Crippen molar-refractivity contribution in [2.45, 2.75) is 52.6 Å². The molecule has 1 N–H and O–H groups in total. The largest absolute Gasteiger partial charge is 0.385 e. The van der Waals surface area contributed by atoms with E-state index >= 15 is 0 Å². The third-order valence-electron chi connectivity index (χ3n) is 3.23. The van der Waals surface area contributed by atoms with E-state index in [1.807, 2.05) is 0 Å². The van der Waals surface area contributed by atoms with Gasteiger partial charge in [0.1, 0.15) is 0 Å². The molecule has 0 rings (SSSR count). The lowest BCUT2D eigenvalue weighted by molar-refractivity contribution is 0.153. The van der Waals surface area contributed by atoms with Crippen LogP contribution in [0, 0.1) is 0 Å². The van der Waals surface area contributed by atoms with Crippen LogP contribution in [-0.4, -0.2) is 50.3 Å². The highest BCUT2D eigenvalue weighted by atomic mass is 16.5. The predicted molar refractivity (Wildman–Crippen MR) is 71.0 cm³/mol. The fraction of sp³-hybridized carbons (Fsp3) is 1.00. The average molecular weight is 230 g/mol. The van der Waals surface area contributed by atoms with Gasteiger partial charge in [-0.3, -0.25) is 4.90 Å². The summed E-state index contributed by atoms with van der Waals surface area (Å²) in [5.41, 5.74) is 0. The van der Waals surface area contributed by atoms with Gasteiger partial charge in [-0.05, 0) is 39.8 Å². The maximum absolute atomic E-state index is 5.02. The average Bonchev–Trinajstić information content (AvgIpc) is 2.29. The number of nitrogens with zero attached hydrogens (tertiary/aromatic N) is 1. The van der Waals surface area contributed by atoms with Gasteiger partial charge in [0.15, 0.2) is 0 Å². The molecule has 2 atom stereocenters. The van der Waals surface area contributed by atoms with Gasteiger partial charge < -0.3 is 10.1 Å². The number of hydrogen-bond acceptors (Lipinski definition) is 3. The van der Waals surface area contributed by atoms with Gasteiger partial charge in [-0.25, -0.2) is 0 Å². The van der Waals surface area contributed by atoms with Crippen LogP contribution in [-0.2, 0) is 4.74 Å². The summed E-state index contributed by atoms with van der Waals surface area (Å²) in [5, 5.41) is 3.49. The smallest absolute Gasteiger partial charge is 0.0474 e. The normalized spacial score (nSPS) is 15.4. The van der Waals surface area contributed by atoms with E-state index < -0.39 is 0 Å². The van der Waals surface area contributed by atoms with E-state index in [1.54, 1.807) is 7.11 Å². The minimum Gasteiger partial charge on any atom is -0.385 e. The minimum absolute atomic E-state index is 0.613. The fourth-order valence-electron chi connectivity index (χ4n) is 2.06. The lowest BCUT2D eigenvalue weighted by atomic mass is 10.1. The van der Waals surface area contributed by atoms with Crippen molar-refractivity contribution in [2.75, 3.05) is 33.4 Å². The number of hydrogen-bond donors (Lipinski definition) is 1. The predicted octanol–water partition coefficient (Wildman–Crippen LogP) is 2.12. The van der Waals surface area contributed by atoms with Crippen LogP contribution < -0.4 is 5.32 Å². The van der Waals surface area contributed by atoms with Gasteiger partial charge in [-0.1, -0.05) is 13.8 Å². The molecule has 0 saturated heterocycles. The van der Waals surface area contributed by atoms with Crippen molar-refractivity contribution >= 4 is 0 Å². The summed E-state index contributed by atoms with van der Waals surface area (Å²) in [6, 6.07) is 1.29. The first kappa shape index (κ1) is 15.9. The van der Waals surface area contributed by atoms with Gasteiger partial charge in [-0.2, -0.15) is 0 Å². The molecular weight excluding hydrogens is 200 g/mol. The van der Waals surface area contributed by atoms with Crippen LogP contribution in [0.5, 0.6) is 0 Å². The third-order valence-corrected chi connectivity index (χ3v) is 3.23. The van der Waals surface area contributed by atoms with Crippen LogP contribution in [0.25, 0.3) is 0 Å². The summed E-state index contributed by atoms with van der Waals surface area (Å²) < 4.78 is 5.02. The molecule has 0 aliphatic rings. The summed E-state index contributed by atoms with van der Waals surface area (Å²) in [5.74, 6) is 0. The summed E-state index contributed by atoms with van der Waals surface area (Å²) in [6.45, 7) is 13.2. The second kappa shape index (κ2) is 10.1. The molecule has 98 valence electrons. The molecule has 0 aliphatic carbocycles. The van der Waals surface area contributed by atoms with Gasteiger partial charge in [0, 0.05) is 32.3 Å². The zero-order chi connectivity index (χ0) is 12.4. The van der Waals surface area contributed by atoms with Crippen LogP contribution in [0.1, 0.15) is 40.5 Å². The first-order valence-corrected chi connectivity index (χ1v) is 6.62. The van der Waals surface area contributed by atoms with E-state index in [9.17, 15) is 0 Å². The lowest BCUT2D eigenvalue weighted by Gasteiger charge is -2.33. The SMILES string of the molecule is CCC(C)N(CC)C(C)CNCCCOC. The number of ether oxygens (including phenoxy) is 1. The van der Waals surface area contributed by atoms with Crippen molar-refractivity contribution in [3.05, 3.63) is 0 Å². The highest BCUT2D eigenvalue weighted by Crippen LogP contribution is 2.07. The van der Waals surface area contributed by atoms with E-state index in [2.05, 4.69) is 37.9 Å². The molecule has 0 bridgehead atoms. The Balaban J connectivity index is 3.71. The molecule has 0 fully saturated rings. The van der Waals surface area contributed by atoms with E-state index in [0.29, 0.717) is 12.1 Å². The quantitative estimate of drug-likeness (QED) is 0.582. The molecular formula is C13H30N2O. The van der Waals surface area contributed by atoms with Crippen LogP contribution in [0.4, 0.5) is 0 Å². The van der Waals surface area contributed by atoms with Gasteiger partial charge >= 0.3 is 0 Å². The van der Waals surface area contributed by atoms with Crippen molar-refractivity contribution < 1.29 is 4.74 Å². The highest BCUT2D eigenvalue weighted by Gasteiger charge is 2.16. The molecule has 0 spiro atoms. The number of likely N-dealkylation sites (N-methyl/N-ethyl adjacent to an activating group) is 1. The van der Waals surface area contributed by atoms with Crippen molar-refractivity contribution in [1.29, 1.82) is 0 Å². The highest BCUT2D eigenvalue weighted by molar-refractivity contribution is 4.73. The van der Waals surface area contributed by atoms with E-state index in [-0.39, 0.29) is 0 Å². The summed E-state index contributed by atoms with van der Waals surface area (Å²) in [7, 11) is 1.75. The zero-order valence-corrected chi connectivity index (χ0v) is 11.8. The maximum Gasteiger partial charge on any atom is 0.0474 e. The molecule has 0 radical (unpaired) electrons. The topological polar surface area (TPSA) is 24.5 Å². The van der Waals surface area contributed by atoms with Crippen molar-refractivity contribution in [1.82, 2.24) is 10.2 Å². The molecule has 0 aromatic rings. The summed E-state index contributed by atoms with van der Waals surface area (Å²) >= 11 is 0. The van der Waals surface area contributed by atoms with Crippen molar-refractivity contribution in [3.63, 3.8) is 0 Å². The molecule has 16 heavy (non-hydrogen) atoms. The Morgan fingerprint density at radius 3 is 2.38 bits per heavy atom. The van der Waals surface area contributed by atoms with Crippen LogP contribution in [0.15, 0.2) is 0 Å². The molecule has 0 saturated carbocycles. The Hall–Kier alpha value is -0.120. The molecule has 2 unspecified atom stereocenters. The molecule has 0 aliphatic heterocycles. The third kappa shape index (κ3) is 6.46. The van der Waals surface area contributed by atoms with Gasteiger partial charge in [0.05, 0.1) is 0 Å². The molecule has 0 aromatic carbocycles. The van der Waals surface area contributed by atoms with Crippen molar-refractivity contribution in [3.8, 4) is 0 Å². The molecule has 3 heteroatoms. The first-order valence-electron chi connectivity index (χ1n) is 6.62. The number of rotatable bonds is 10. The Labute approximate surface area is 102 Å². The monoisotopic (exact) mass is 230 g/mol. The van der Waals surface area contributed by atoms with Gasteiger partial charge in [0.25, 0.3) is 0 Å². The van der Waals surface area contributed by atoms with Crippen molar-refractivity contribution in [2.24, 2.45) is 0 Å². The Kier molecular flexibility index (Phi) is 9.99. The second-order valence-electron chi connectivity index (χ2n) is 4.49. The minimum atomic E-state index is 0.613. The number of nitrogens with one attached hydrogen (secondary N) is 1. The first-order chi connectivity index (χ1) is 7.67. The molecule has 0 aromatic heterocycles.